The summed E-state index contributed by atoms with van der Waals surface area (Å²) < 4.78 is 1.51. The standard InChI is InChI=1S/C18H37.3Na/c1-3-5-7-9-11-13-15-17-18-16-14-12-10-8-6-4-2;;;/h1,3-18H2,2H3;;;. The molecule has 0 aromatic heterocycles. The van der Waals surface area contributed by atoms with E-state index in [4.69, 9.17) is 0 Å². The third-order valence-corrected chi connectivity index (χ3v) is 4.91. The van der Waals surface area contributed by atoms with Crippen molar-refractivity contribution in [1.29, 1.82) is 0 Å². The van der Waals surface area contributed by atoms with Crippen LogP contribution in [0.25, 0.3) is 0 Å². The summed E-state index contributed by atoms with van der Waals surface area (Å²) >= 11 is 1.41. The SMILES string of the molecule is CCCCCCCCCCCCCCCCC[CH2][Na].[Na].[Na]. The molecule has 0 saturated heterocycles. The van der Waals surface area contributed by atoms with E-state index in [9.17, 15) is 0 Å². The first-order valence-electron chi connectivity index (χ1n) is 9.41. The van der Waals surface area contributed by atoms with Gasteiger partial charge in [0.15, 0.2) is 0 Å². The summed E-state index contributed by atoms with van der Waals surface area (Å²) in [6.45, 7) is 2.30. The van der Waals surface area contributed by atoms with E-state index < -0.39 is 0 Å². The second kappa shape index (κ2) is 27.8. The van der Waals surface area contributed by atoms with Crippen LogP contribution in [0, 0.1) is 0 Å². The largest absolute Gasteiger partial charge is 0 e. The Balaban J connectivity index is -0.00000162. The van der Waals surface area contributed by atoms with Crippen LogP contribution in [0.15, 0.2) is 0 Å². The van der Waals surface area contributed by atoms with Gasteiger partial charge in [0.1, 0.15) is 0 Å². The van der Waals surface area contributed by atoms with Crippen molar-refractivity contribution in [1.82, 2.24) is 0 Å². The first kappa shape index (κ1) is 28.8. The summed E-state index contributed by atoms with van der Waals surface area (Å²) in [4.78, 5) is 0. The van der Waals surface area contributed by atoms with Crippen molar-refractivity contribution in [2.45, 2.75) is 113 Å². The third-order valence-electron chi connectivity index (χ3n) is 4.21. The van der Waals surface area contributed by atoms with Crippen molar-refractivity contribution in [3.8, 4) is 0 Å². The molecular formula is C18H37Na3. The average molecular weight is 322 g/mol. The summed E-state index contributed by atoms with van der Waals surface area (Å²) in [6, 6.07) is 0. The fourth-order valence-corrected chi connectivity index (χ4v) is 3.30. The maximum atomic E-state index is 2.30. The van der Waals surface area contributed by atoms with Gasteiger partial charge in [-0.15, -0.1) is 0 Å². The maximum Gasteiger partial charge on any atom is 0 e. The summed E-state index contributed by atoms with van der Waals surface area (Å²) in [5.74, 6) is 0. The molecule has 0 unspecified atom stereocenters. The molecule has 0 N–H and O–H groups in total. The zero-order chi connectivity index (χ0) is 14.0. The molecule has 0 heterocycles. The molecular weight excluding hydrogens is 285 g/mol. The topological polar surface area (TPSA) is 0 Å². The van der Waals surface area contributed by atoms with Crippen LogP contribution in [0.1, 0.15) is 110 Å². The van der Waals surface area contributed by atoms with Crippen molar-refractivity contribution in [2.75, 3.05) is 0 Å². The molecule has 0 rings (SSSR count). The van der Waals surface area contributed by atoms with E-state index in [2.05, 4.69) is 6.92 Å². The molecule has 112 valence electrons. The molecule has 0 fully saturated rings. The fraction of sp³-hybridized carbons (Fsp3) is 1.00. The van der Waals surface area contributed by atoms with Crippen molar-refractivity contribution in [2.24, 2.45) is 0 Å². The van der Waals surface area contributed by atoms with Gasteiger partial charge in [-0.3, -0.25) is 0 Å². The Morgan fingerprint density at radius 1 is 0.429 bits per heavy atom. The Labute approximate surface area is 197 Å². The average Bonchev–Trinajstić information content (AvgIpc) is 2.43. The minimum Gasteiger partial charge on any atom is 0 e. The van der Waals surface area contributed by atoms with Crippen LogP contribution in [0.3, 0.4) is 0 Å². The first-order chi connectivity index (χ1) is 9.41. The predicted molar refractivity (Wildman–Crippen MR) is 102 cm³/mol. The van der Waals surface area contributed by atoms with Gasteiger partial charge in [-0.25, -0.2) is 0 Å². The molecule has 0 aliphatic rings. The smallest absolute Gasteiger partial charge is 0 e. The maximum absolute atomic E-state index is 2.30. The molecule has 0 aromatic carbocycles. The van der Waals surface area contributed by atoms with Crippen LogP contribution in [-0.2, 0) is 0 Å². The van der Waals surface area contributed by atoms with E-state index in [1.54, 1.807) is 0 Å². The van der Waals surface area contributed by atoms with Gasteiger partial charge >= 0.3 is 102 Å². The summed E-state index contributed by atoms with van der Waals surface area (Å²) in [5, 5.41) is 0. The number of rotatable bonds is 16. The van der Waals surface area contributed by atoms with E-state index in [0.717, 1.165) is 0 Å². The van der Waals surface area contributed by atoms with Gasteiger partial charge in [0.25, 0.3) is 0 Å². The van der Waals surface area contributed by atoms with Crippen LogP contribution >= 0.6 is 0 Å². The molecule has 0 atom stereocenters. The molecule has 0 aromatic rings. The summed E-state index contributed by atoms with van der Waals surface area (Å²) in [7, 11) is 0. The monoisotopic (exact) mass is 322 g/mol. The van der Waals surface area contributed by atoms with E-state index in [0.29, 0.717) is 0 Å². The summed E-state index contributed by atoms with van der Waals surface area (Å²) in [6.07, 6.45) is 23.7. The van der Waals surface area contributed by atoms with Gasteiger partial charge in [-0.1, -0.05) is 39.0 Å². The molecule has 0 aliphatic carbocycles. The van der Waals surface area contributed by atoms with Crippen molar-refractivity contribution >= 4 is 87.0 Å². The summed E-state index contributed by atoms with van der Waals surface area (Å²) in [5.41, 5.74) is 0. The van der Waals surface area contributed by atoms with Crippen LogP contribution in [-0.4, -0.2) is 87.0 Å². The molecule has 0 amide bonds. The molecule has 2 radical (unpaired) electrons. The number of hydrogen-bond acceptors (Lipinski definition) is 0. The molecule has 21 heavy (non-hydrogen) atoms. The van der Waals surface area contributed by atoms with Gasteiger partial charge < -0.3 is 0 Å². The quantitative estimate of drug-likeness (QED) is 0.239. The fourth-order valence-electron chi connectivity index (χ4n) is 2.80. The Hall–Kier alpha value is 3.00. The molecule has 3 heteroatoms. The van der Waals surface area contributed by atoms with E-state index in [-0.39, 0.29) is 59.1 Å². The van der Waals surface area contributed by atoms with Gasteiger partial charge in [-0.05, 0) is 0 Å². The number of unbranched alkanes of at least 4 members (excludes halogenated alkanes) is 15. The van der Waals surface area contributed by atoms with Crippen LogP contribution in [0.5, 0.6) is 0 Å². The Morgan fingerprint density at radius 2 is 0.667 bits per heavy atom. The first-order valence-corrected chi connectivity index (χ1v) is 10.8. The normalized spacial score (nSPS) is 10.0. The second-order valence-corrected chi connectivity index (χ2v) is 7.30. The van der Waals surface area contributed by atoms with Crippen LogP contribution in [0.2, 0.25) is 3.67 Å². The molecule has 0 nitrogen and oxygen atoms in total. The number of hydrogen-bond donors (Lipinski definition) is 0. The van der Waals surface area contributed by atoms with E-state index in [1.807, 2.05) is 0 Å². The second-order valence-electron chi connectivity index (χ2n) is 6.30. The van der Waals surface area contributed by atoms with Crippen molar-refractivity contribution in [3.63, 3.8) is 0 Å². The van der Waals surface area contributed by atoms with Crippen LogP contribution < -0.4 is 0 Å². The zero-order valence-electron chi connectivity index (χ0n) is 16.0. The Bertz CT molecular complexity index is 135. The van der Waals surface area contributed by atoms with Gasteiger partial charge in [0.05, 0.1) is 0 Å². The van der Waals surface area contributed by atoms with Crippen molar-refractivity contribution < 1.29 is 0 Å². The van der Waals surface area contributed by atoms with E-state index >= 15 is 0 Å². The molecule has 0 spiro atoms. The van der Waals surface area contributed by atoms with Gasteiger partial charge in [-0.2, -0.15) is 0 Å². The van der Waals surface area contributed by atoms with Crippen molar-refractivity contribution in [3.05, 3.63) is 0 Å². The molecule has 0 saturated carbocycles. The third kappa shape index (κ3) is 28.1. The Kier molecular flexibility index (Phi) is 38.2. The molecule has 0 bridgehead atoms. The van der Waals surface area contributed by atoms with Gasteiger partial charge in [0.2, 0.25) is 0 Å². The van der Waals surface area contributed by atoms with E-state index in [1.165, 1.54) is 134 Å². The minimum absolute atomic E-state index is 0. The minimum atomic E-state index is 0. The zero-order valence-corrected chi connectivity index (χ0v) is 22.0. The van der Waals surface area contributed by atoms with Gasteiger partial charge in [0, 0.05) is 59.1 Å². The van der Waals surface area contributed by atoms with Crippen LogP contribution in [0.4, 0.5) is 0 Å². The molecule has 0 aliphatic heterocycles. The predicted octanol–water partition coefficient (Wildman–Crippen LogP) is 6.07. The Morgan fingerprint density at radius 3 is 0.905 bits per heavy atom.